The molecule has 2 aromatic rings. The van der Waals surface area contributed by atoms with Crippen LogP contribution in [0.2, 0.25) is 5.02 Å². The van der Waals surface area contributed by atoms with E-state index < -0.39 is 17.8 Å². The lowest BCUT2D eigenvalue weighted by Crippen LogP contribution is -2.15. The van der Waals surface area contributed by atoms with Gasteiger partial charge in [0.1, 0.15) is 5.69 Å². The number of nitrogen functional groups attached to an aromatic ring is 1. The summed E-state index contributed by atoms with van der Waals surface area (Å²) in [6.45, 7) is 0. The molecular weight excluding hydrogens is 307 g/mol. The molecule has 0 aliphatic heterocycles. The van der Waals surface area contributed by atoms with E-state index >= 15 is 0 Å². The fraction of sp³-hybridized carbons (Fsp3) is 0.0769. The lowest BCUT2D eigenvalue weighted by atomic mass is 10.1. The second-order valence-electron chi connectivity index (χ2n) is 4.09. The number of aromatic nitrogens is 1. The summed E-state index contributed by atoms with van der Waals surface area (Å²) in [6.07, 6.45) is -3.62. The molecule has 0 aliphatic rings. The molecule has 0 unspecified atom stereocenters. The number of nitrogens with one attached hydrogen (secondary N) is 1. The van der Waals surface area contributed by atoms with Gasteiger partial charge in [-0.1, -0.05) is 17.7 Å². The van der Waals surface area contributed by atoms with E-state index in [4.69, 9.17) is 17.3 Å². The van der Waals surface area contributed by atoms with Crippen LogP contribution in [0.15, 0.2) is 36.5 Å². The fourth-order valence-corrected chi connectivity index (χ4v) is 1.88. The topological polar surface area (TPSA) is 68.0 Å². The van der Waals surface area contributed by atoms with Gasteiger partial charge < -0.3 is 11.1 Å². The van der Waals surface area contributed by atoms with Gasteiger partial charge in [0.15, 0.2) is 0 Å². The first-order valence-electron chi connectivity index (χ1n) is 5.67. The Hall–Kier alpha value is -2.28. The van der Waals surface area contributed by atoms with E-state index in [2.05, 4.69) is 10.3 Å². The first kappa shape index (κ1) is 15.1. The van der Waals surface area contributed by atoms with E-state index in [-0.39, 0.29) is 22.0 Å². The van der Waals surface area contributed by atoms with Crippen molar-refractivity contribution in [2.75, 3.05) is 11.1 Å². The van der Waals surface area contributed by atoms with Crippen molar-refractivity contribution in [1.29, 1.82) is 0 Å². The molecule has 1 heterocycles. The van der Waals surface area contributed by atoms with Crippen molar-refractivity contribution in [2.24, 2.45) is 0 Å². The Balaban J connectivity index is 2.21. The lowest BCUT2D eigenvalue weighted by Gasteiger charge is -2.10. The lowest BCUT2D eigenvalue weighted by molar-refractivity contribution is -0.141. The van der Waals surface area contributed by atoms with Gasteiger partial charge >= 0.3 is 6.18 Å². The summed E-state index contributed by atoms with van der Waals surface area (Å²) in [5.74, 6) is -0.625. The number of hydrogen-bond acceptors (Lipinski definition) is 3. The monoisotopic (exact) mass is 315 g/mol. The van der Waals surface area contributed by atoms with Crippen LogP contribution >= 0.6 is 11.6 Å². The zero-order chi connectivity index (χ0) is 15.6. The Labute approximate surface area is 122 Å². The maximum absolute atomic E-state index is 12.4. The van der Waals surface area contributed by atoms with E-state index in [1.54, 1.807) is 6.07 Å². The molecule has 110 valence electrons. The Bertz CT molecular complexity index is 651. The van der Waals surface area contributed by atoms with Crippen molar-refractivity contribution in [3.8, 4) is 0 Å². The molecule has 0 saturated carbocycles. The standard InChI is InChI=1S/C13H9ClF3N3O/c14-8-2-1-3-9(18)11(8)12(21)20-7-4-5-10(19-6-7)13(15,16)17/h1-6H,18H2,(H,20,21). The molecule has 2 rings (SSSR count). The highest BCUT2D eigenvalue weighted by Gasteiger charge is 2.32. The number of alkyl halides is 3. The van der Waals surface area contributed by atoms with Crippen LogP contribution < -0.4 is 11.1 Å². The predicted octanol–water partition coefficient (Wildman–Crippen LogP) is 3.59. The maximum atomic E-state index is 12.4. The number of amides is 1. The zero-order valence-electron chi connectivity index (χ0n) is 10.4. The minimum Gasteiger partial charge on any atom is -0.398 e. The first-order valence-corrected chi connectivity index (χ1v) is 6.05. The van der Waals surface area contributed by atoms with Crippen molar-refractivity contribution in [3.63, 3.8) is 0 Å². The van der Waals surface area contributed by atoms with Gasteiger partial charge in [-0.15, -0.1) is 0 Å². The summed E-state index contributed by atoms with van der Waals surface area (Å²) in [5, 5.41) is 2.53. The van der Waals surface area contributed by atoms with Crippen LogP contribution in [0.3, 0.4) is 0 Å². The summed E-state index contributed by atoms with van der Waals surface area (Å²) in [6, 6.07) is 6.42. The molecule has 0 spiro atoms. The van der Waals surface area contributed by atoms with Crippen LogP contribution in [0.25, 0.3) is 0 Å². The second kappa shape index (κ2) is 5.61. The number of carbonyl (C=O) groups excluding carboxylic acids is 1. The number of hydrogen-bond donors (Lipinski definition) is 2. The van der Waals surface area contributed by atoms with Gasteiger partial charge in [0.25, 0.3) is 5.91 Å². The predicted molar refractivity (Wildman–Crippen MR) is 73.1 cm³/mol. The molecule has 0 saturated heterocycles. The number of halogens is 4. The van der Waals surface area contributed by atoms with Crippen LogP contribution in [-0.2, 0) is 6.18 Å². The number of nitrogens with two attached hydrogens (primary N) is 1. The van der Waals surface area contributed by atoms with Crippen molar-refractivity contribution in [3.05, 3.63) is 52.8 Å². The molecule has 3 N–H and O–H groups in total. The van der Waals surface area contributed by atoms with Crippen molar-refractivity contribution >= 4 is 28.9 Å². The molecule has 1 aromatic carbocycles. The quantitative estimate of drug-likeness (QED) is 0.832. The van der Waals surface area contributed by atoms with Gasteiger partial charge in [-0.3, -0.25) is 4.79 Å². The van der Waals surface area contributed by atoms with E-state index in [0.29, 0.717) is 0 Å². The van der Waals surface area contributed by atoms with E-state index in [9.17, 15) is 18.0 Å². The number of rotatable bonds is 2. The zero-order valence-corrected chi connectivity index (χ0v) is 11.2. The van der Waals surface area contributed by atoms with Crippen molar-refractivity contribution in [2.45, 2.75) is 6.18 Å². The van der Waals surface area contributed by atoms with Crippen LogP contribution in [0.1, 0.15) is 16.1 Å². The molecule has 0 atom stereocenters. The van der Waals surface area contributed by atoms with Gasteiger partial charge in [-0.05, 0) is 24.3 Å². The third-order valence-electron chi connectivity index (χ3n) is 2.58. The fourth-order valence-electron chi connectivity index (χ4n) is 1.61. The summed E-state index contributed by atoms with van der Waals surface area (Å²) in [5.41, 5.74) is 4.93. The highest BCUT2D eigenvalue weighted by atomic mass is 35.5. The highest BCUT2D eigenvalue weighted by molar-refractivity contribution is 6.35. The summed E-state index contributed by atoms with van der Waals surface area (Å²) in [4.78, 5) is 15.2. The average molecular weight is 316 g/mol. The van der Waals surface area contributed by atoms with Crippen molar-refractivity contribution in [1.82, 2.24) is 4.98 Å². The van der Waals surface area contributed by atoms with Crippen LogP contribution in [0.5, 0.6) is 0 Å². The highest BCUT2D eigenvalue weighted by Crippen LogP contribution is 2.28. The first-order chi connectivity index (χ1) is 9.79. The molecule has 1 aromatic heterocycles. The Morgan fingerprint density at radius 1 is 1.24 bits per heavy atom. The molecule has 21 heavy (non-hydrogen) atoms. The van der Waals surface area contributed by atoms with Crippen molar-refractivity contribution < 1.29 is 18.0 Å². The van der Waals surface area contributed by atoms with Gasteiger partial charge in [0.2, 0.25) is 0 Å². The van der Waals surface area contributed by atoms with E-state index in [0.717, 1.165) is 18.3 Å². The van der Waals surface area contributed by atoms with E-state index in [1.165, 1.54) is 12.1 Å². The number of pyridine rings is 1. The minimum atomic E-state index is -4.53. The van der Waals surface area contributed by atoms with Crippen LogP contribution in [0.4, 0.5) is 24.5 Å². The molecule has 0 aliphatic carbocycles. The second-order valence-corrected chi connectivity index (χ2v) is 4.50. The summed E-state index contributed by atoms with van der Waals surface area (Å²) >= 11 is 5.87. The summed E-state index contributed by atoms with van der Waals surface area (Å²) < 4.78 is 37.1. The van der Waals surface area contributed by atoms with Gasteiger partial charge in [0.05, 0.1) is 22.5 Å². The van der Waals surface area contributed by atoms with Crippen LogP contribution in [0, 0.1) is 0 Å². The Morgan fingerprint density at radius 2 is 1.95 bits per heavy atom. The Kier molecular flexibility index (Phi) is 4.04. The largest absolute Gasteiger partial charge is 0.433 e. The van der Waals surface area contributed by atoms with E-state index in [1.807, 2.05) is 0 Å². The van der Waals surface area contributed by atoms with Gasteiger partial charge in [-0.2, -0.15) is 13.2 Å². The molecule has 1 amide bonds. The smallest absolute Gasteiger partial charge is 0.398 e. The summed E-state index contributed by atoms with van der Waals surface area (Å²) in [7, 11) is 0. The van der Waals surface area contributed by atoms with Gasteiger partial charge in [-0.25, -0.2) is 4.98 Å². The molecular formula is C13H9ClF3N3O. The normalized spacial score (nSPS) is 11.2. The number of nitrogens with zero attached hydrogens (tertiary/aromatic N) is 1. The molecule has 4 nitrogen and oxygen atoms in total. The average Bonchev–Trinajstić information content (AvgIpc) is 2.38. The minimum absolute atomic E-state index is 0.0547. The number of benzene rings is 1. The maximum Gasteiger partial charge on any atom is 0.433 e. The third-order valence-corrected chi connectivity index (χ3v) is 2.90. The molecule has 0 fully saturated rings. The molecule has 8 heteroatoms. The molecule has 0 radical (unpaired) electrons. The molecule has 0 bridgehead atoms. The Morgan fingerprint density at radius 3 is 2.48 bits per heavy atom. The third kappa shape index (κ3) is 3.43. The number of anilines is 2. The number of carbonyl (C=O) groups is 1. The van der Waals surface area contributed by atoms with Gasteiger partial charge in [0, 0.05) is 5.69 Å². The van der Waals surface area contributed by atoms with Crippen LogP contribution in [-0.4, -0.2) is 10.9 Å². The SMILES string of the molecule is Nc1cccc(Cl)c1C(=O)Nc1ccc(C(F)(F)F)nc1.